The van der Waals surface area contributed by atoms with Crippen molar-refractivity contribution in [2.45, 2.75) is 32.9 Å². The van der Waals surface area contributed by atoms with E-state index in [0.717, 1.165) is 34.6 Å². The second-order valence-corrected chi connectivity index (χ2v) is 6.96. The van der Waals surface area contributed by atoms with Gasteiger partial charge < -0.3 is 14.6 Å². The van der Waals surface area contributed by atoms with Gasteiger partial charge in [-0.05, 0) is 31.0 Å². The molecule has 0 fully saturated rings. The molecule has 3 aromatic rings. The monoisotopic (exact) mass is 351 g/mol. The van der Waals surface area contributed by atoms with E-state index in [1.54, 1.807) is 0 Å². The molecule has 4 nitrogen and oxygen atoms in total. The molecule has 0 saturated carbocycles. The van der Waals surface area contributed by atoms with Gasteiger partial charge in [0.25, 0.3) is 5.91 Å². The smallest absolute Gasteiger partial charge is 0.275 e. The van der Waals surface area contributed by atoms with E-state index in [0.29, 0.717) is 6.54 Å². The average Bonchev–Trinajstić information content (AvgIpc) is 3.06. The molecule has 0 aliphatic carbocycles. The second kappa shape index (κ2) is 8.19. The molecule has 4 heteroatoms. The summed E-state index contributed by atoms with van der Waals surface area (Å²) in [5.74, 6) is 0.813. The Bertz CT molecular complexity index is 834. The van der Waals surface area contributed by atoms with Crippen LogP contribution in [0, 0.1) is 0 Å². The summed E-state index contributed by atoms with van der Waals surface area (Å²) >= 11 is 0. The van der Waals surface area contributed by atoms with Crippen LogP contribution in [-0.2, 0) is 17.8 Å². The Labute approximate surface area is 154 Å². The van der Waals surface area contributed by atoms with Gasteiger partial charge >= 0.3 is 0 Å². The number of para-hydroxylation sites is 1. The topological polar surface area (TPSA) is 46.7 Å². The van der Waals surface area contributed by atoms with Crippen molar-refractivity contribution in [1.29, 1.82) is 0 Å². The molecular weight excluding hydrogens is 324 g/mol. The molecule has 0 saturated heterocycles. The fourth-order valence-electron chi connectivity index (χ4n) is 3.16. The van der Waals surface area contributed by atoms with Crippen molar-refractivity contribution in [3.63, 3.8) is 0 Å². The minimum absolute atomic E-state index is 0.0284. The highest BCUT2D eigenvalue weighted by atomic mass is 16.3. The quantitative estimate of drug-likeness (QED) is 0.688. The van der Waals surface area contributed by atoms with E-state index in [4.69, 9.17) is 4.42 Å². The lowest BCUT2D eigenvalue weighted by Crippen LogP contribution is -3.08. The third-order valence-electron chi connectivity index (χ3n) is 4.65. The number of furan rings is 1. The molecule has 2 aromatic carbocycles. The summed E-state index contributed by atoms with van der Waals surface area (Å²) in [4.78, 5) is 13.5. The lowest BCUT2D eigenvalue weighted by Gasteiger charge is -2.16. The Morgan fingerprint density at radius 2 is 1.81 bits per heavy atom. The lowest BCUT2D eigenvalue weighted by molar-refractivity contribution is -0.885. The maximum absolute atomic E-state index is 12.4. The number of nitrogens with one attached hydrogen (secondary N) is 2. The van der Waals surface area contributed by atoms with Crippen molar-refractivity contribution in [3.05, 3.63) is 71.5 Å². The summed E-state index contributed by atoms with van der Waals surface area (Å²) in [5, 5.41) is 4.10. The molecular formula is C22H27N2O2+. The van der Waals surface area contributed by atoms with E-state index >= 15 is 0 Å². The zero-order valence-electron chi connectivity index (χ0n) is 15.7. The van der Waals surface area contributed by atoms with Gasteiger partial charge in [0.1, 0.15) is 17.9 Å². The van der Waals surface area contributed by atoms with Crippen molar-refractivity contribution in [1.82, 2.24) is 5.32 Å². The van der Waals surface area contributed by atoms with Crippen LogP contribution >= 0.6 is 0 Å². The van der Waals surface area contributed by atoms with Gasteiger partial charge in [0, 0.05) is 10.9 Å². The maximum atomic E-state index is 12.4. The highest BCUT2D eigenvalue weighted by molar-refractivity contribution is 5.79. The second-order valence-electron chi connectivity index (χ2n) is 6.96. The molecule has 3 rings (SSSR count). The molecule has 2 atom stereocenters. The van der Waals surface area contributed by atoms with E-state index in [2.05, 4.69) is 36.5 Å². The van der Waals surface area contributed by atoms with Crippen molar-refractivity contribution in [2.75, 3.05) is 13.6 Å². The van der Waals surface area contributed by atoms with Crippen LogP contribution in [0.3, 0.4) is 0 Å². The Morgan fingerprint density at radius 3 is 2.50 bits per heavy atom. The molecule has 0 aliphatic heterocycles. The highest BCUT2D eigenvalue weighted by Crippen LogP contribution is 2.23. The fraction of sp³-hybridized carbons (Fsp3) is 0.318. The molecule has 2 N–H and O–H groups in total. The maximum Gasteiger partial charge on any atom is 0.275 e. The zero-order valence-corrected chi connectivity index (χ0v) is 15.7. The van der Waals surface area contributed by atoms with E-state index in [-0.39, 0.29) is 11.9 Å². The number of amides is 1. The number of quaternary nitrogens is 1. The van der Waals surface area contributed by atoms with Gasteiger partial charge in [-0.3, -0.25) is 4.79 Å². The number of carbonyl (C=O) groups is 1. The minimum Gasteiger partial charge on any atom is -0.459 e. The van der Waals surface area contributed by atoms with E-state index < -0.39 is 0 Å². The third-order valence-corrected chi connectivity index (χ3v) is 4.65. The summed E-state index contributed by atoms with van der Waals surface area (Å²) in [6, 6.07) is 18.3. The third kappa shape index (κ3) is 4.52. The molecule has 0 radical (unpaired) electrons. The predicted octanol–water partition coefficient (Wildman–Crippen LogP) is 2.89. The molecule has 1 heterocycles. The Hall–Kier alpha value is -2.59. The summed E-state index contributed by atoms with van der Waals surface area (Å²) in [7, 11) is 2.04. The van der Waals surface area contributed by atoms with Crippen LogP contribution in [0.1, 0.15) is 36.8 Å². The number of benzene rings is 2. The number of hydrogen-bond acceptors (Lipinski definition) is 2. The SMILES string of the molecule is CCc1ccc(C[NH+](C)CC(=O)N[C@@H](C)c2cc3ccccc3o2)cc1. The van der Waals surface area contributed by atoms with Gasteiger partial charge in [-0.25, -0.2) is 0 Å². The molecule has 1 unspecified atom stereocenters. The fourth-order valence-corrected chi connectivity index (χ4v) is 3.16. The number of hydrogen-bond donors (Lipinski definition) is 2. The number of aryl methyl sites for hydroxylation is 1. The summed E-state index contributed by atoms with van der Waals surface area (Å²) in [6.45, 7) is 5.37. The van der Waals surface area contributed by atoms with Gasteiger partial charge in [-0.1, -0.05) is 49.4 Å². The predicted molar refractivity (Wildman–Crippen MR) is 104 cm³/mol. The van der Waals surface area contributed by atoms with E-state index in [9.17, 15) is 4.79 Å². The molecule has 0 aliphatic rings. The Kier molecular flexibility index (Phi) is 5.74. The van der Waals surface area contributed by atoms with Crippen LogP contribution in [0.25, 0.3) is 11.0 Å². The largest absolute Gasteiger partial charge is 0.459 e. The van der Waals surface area contributed by atoms with Gasteiger partial charge in [0.15, 0.2) is 6.54 Å². The number of likely N-dealkylation sites (N-methyl/N-ethyl adjacent to an activating group) is 1. The van der Waals surface area contributed by atoms with Gasteiger partial charge in [-0.2, -0.15) is 0 Å². The molecule has 136 valence electrons. The van der Waals surface area contributed by atoms with Crippen LogP contribution in [0.4, 0.5) is 0 Å². The number of rotatable bonds is 7. The Morgan fingerprint density at radius 1 is 1.12 bits per heavy atom. The first-order valence-corrected chi connectivity index (χ1v) is 9.22. The standard InChI is InChI=1S/C22H26N2O2/c1-4-17-9-11-18(12-10-17)14-24(3)15-22(25)23-16(2)21-13-19-7-5-6-8-20(19)26-21/h5-13,16H,4,14-15H2,1-3H3,(H,23,25)/p+1/t16-/m0/s1. The van der Waals surface area contributed by atoms with E-state index in [1.807, 2.05) is 44.3 Å². The van der Waals surface area contributed by atoms with Crippen molar-refractivity contribution >= 4 is 16.9 Å². The summed E-state index contributed by atoms with van der Waals surface area (Å²) in [5.41, 5.74) is 3.43. The van der Waals surface area contributed by atoms with Crippen molar-refractivity contribution in [3.8, 4) is 0 Å². The first kappa shape index (κ1) is 18.2. The van der Waals surface area contributed by atoms with E-state index in [1.165, 1.54) is 11.1 Å². The Balaban J connectivity index is 1.53. The summed E-state index contributed by atoms with van der Waals surface area (Å²) in [6.07, 6.45) is 1.05. The minimum atomic E-state index is -0.147. The van der Waals surface area contributed by atoms with Gasteiger partial charge in [0.2, 0.25) is 0 Å². The lowest BCUT2D eigenvalue weighted by atomic mass is 10.1. The molecule has 0 bridgehead atoms. The van der Waals surface area contributed by atoms with Crippen LogP contribution in [-0.4, -0.2) is 19.5 Å². The summed E-state index contributed by atoms with van der Waals surface area (Å²) < 4.78 is 5.83. The van der Waals surface area contributed by atoms with Crippen LogP contribution in [0.2, 0.25) is 0 Å². The molecule has 1 amide bonds. The highest BCUT2D eigenvalue weighted by Gasteiger charge is 2.17. The van der Waals surface area contributed by atoms with Gasteiger partial charge in [-0.15, -0.1) is 0 Å². The van der Waals surface area contributed by atoms with Crippen LogP contribution < -0.4 is 10.2 Å². The number of fused-ring (bicyclic) bond motifs is 1. The van der Waals surface area contributed by atoms with Gasteiger partial charge in [0.05, 0.1) is 13.1 Å². The van der Waals surface area contributed by atoms with Crippen LogP contribution in [0.15, 0.2) is 59.0 Å². The molecule has 1 aromatic heterocycles. The van der Waals surface area contributed by atoms with Crippen molar-refractivity contribution in [2.24, 2.45) is 0 Å². The van der Waals surface area contributed by atoms with Crippen molar-refractivity contribution < 1.29 is 14.1 Å². The van der Waals surface area contributed by atoms with Crippen LogP contribution in [0.5, 0.6) is 0 Å². The first-order valence-electron chi connectivity index (χ1n) is 9.22. The zero-order chi connectivity index (χ0) is 18.5. The molecule has 26 heavy (non-hydrogen) atoms. The first-order chi connectivity index (χ1) is 12.5. The number of carbonyl (C=O) groups excluding carboxylic acids is 1. The average molecular weight is 351 g/mol. The molecule has 0 spiro atoms. The normalized spacial score (nSPS) is 13.5.